The second-order valence-corrected chi connectivity index (χ2v) is 4.38. The Balaban J connectivity index is 2.02. The Hall–Kier alpha value is -3.09. The molecule has 0 amide bonds. The Morgan fingerprint density at radius 1 is 1.23 bits per heavy atom. The fourth-order valence-electron chi connectivity index (χ4n) is 1.75. The molecule has 1 N–H and O–H groups in total. The fourth-order valence-corrected chi connectivity index (χ4v) is 1.75. The molecular formula is C15H13NO6. The lowest BCUT2D eigenvalue weighted by atomic mass is 10.2. The summed E-state index contributed by atoms with van der Waals surface area (Å²) in [7, 11) is 1.45. The standard InChI is InChI=1S/C15H13NO6/c1-21-12-6-7-13(14(17)8-12)15(18)22-9-10-2-4-11(5-3-10)16(19)20/h2-8,17H,9H2,1H3. The van der Waals surface area contributed by atoms with E-state index in [-0.39, 0.29) is 23.6 Å². The third-order valence-electron chi connectivity index (χ3n) is 2.94. The second kappa shape index (κ2) is 6.57. The van der Waals surface area contributed by atoms with E-state index in [1.807, 2.05) is 0 Å². The van der Waals surface area contributed by atoms with E-state index in [9.17, 15) is 20.0 Å². The van der Waals surface area contributed by atoms with Gasteiger partial charge in [-0.05, 0) is 29.8 Å². The van der Waals surface area contributed by atoms with Crippen molar-refractivity contribution in [3.63, 3.8) is 0 Å². The summed E-state index contributed by atoms with van der Waals surface area (Å²) >= 11 is 0. The molecule has 0 aliphatic carbocycles. The number of nitrogens with zero attached hydrogens (tertiary/aromatic N) is 1. The van der Waals surface area contributed by atoms with Crippen molar-refractivity contribution in [1.82, 2.24) is 0 Å². The van der Waals surface area contributed by atoms with Crippen LogP contribution in [0, 0.1) is 10.1 Å². The Labute approximate surface area is 125 Å². The predicted octanol–water partition coefficient (Wildman–Crippen LogP) is 2.67. The second-order valence-electron chi connectivity index (χ2n) is 4.38. The van der Waals surface area contributed by atoms with E-state index in [0.29, 0.717) is 11.3 Å². The highest BCUT2D eigenvalue weighted by Crippen LogP contribution is 2.24. The van der Waals surface area contributed by atoms with Crippen LogP contribution in [0.2, 0.25) is 0 Å². The number of aromatic hydroxyl groups is 1. The van der Waals surface area contributed by atoms with Crippen LogP contribution in [0.15, 0.2) is 42.5 Å². The number of carbonyl (C=O) groups is 1. The van der Waals surface area contributed by atoms with Crippen molar-refractivity contribution in [3.8, 4) is 11.5 Å². The maximum absolute atomic E-state index is 11.9. The summed E-state index contributed by atoms with van der Waals surface area (Å²) in [6.07, 6.45) is 0. The molecule has 0 aromatic heterocycles. The van der Waals surface area contributed by atoms with E-state index in [0.717, 1.165) is 0 Å². The Bertz CT molecular complexity index is 696. The first-order chi connectivity index (χ1) is 10.5. The van der Waals surface area contributed by atoms with Crippen LogP contribution in [-0.2, 0) is 11.3 Å². The van der Waals surface area contributed by atoms with Gasteiger partial charge in [-0.2, -0.15) is 0 Å². The molecule has 7 nitrogen and oxygen atoms in total. The SMILES string of the molecule is COc1ccc(C(=O)OCc2ccc([N+](=O)[O-])cc2)c(O)c1. The summed E-state index contributed by atoms with van der Waals surface area (Å²) in [5.74, 6) is -0.518. The lowest BCUT2D eigenvalue weighted by Gasteiger charge is -2.07. The van der Waals surface area contributed by atoms with E-state index >= 15 is 0 Å². The number of phenolic OH excluding ortho intramolecular Hbond substituents is 1. The van der Waals surface area contributed by atoms with E-state index in [4.69, 9.17) is 9.47 Å². The van der Waals surface area contributed by atoms with Gasteiger partial charge < -0.3 is 14.6 Å². The average Bonchev–Trinajstić information content (AvgIpc) is 2.52. The van der Waals surface area contributed by atoms with Crippen molar-refractivity contribution < 1.29 is 24.3 Å². The van der Waals surface area contributed by atoms with Crippen molar-refractivity contribution in [1.29, 1.82) is 0 Å². The van der Waals surface area contributed by atoms with E-state index in [1.54, 1.807) is 0 Å². The molecule has 0 fully saturated rings. The third kappa shape index (κ3) is 3.51. The van der Waals surface area contributed by atoms with Gasteiger partial charge in [0.15, 0.2) is 0 Å². The number of hydrogen-bond acceptors (Lipinski definition) is 6. The van der Waals surface area contributed by atoms with E-state index < -0.39 is 10.9 Å². The predicted molar refractivity (Wildman–Crippen MR) is 76.9 cm³/mol. The Morgan fingerprint density at radius 3 is 2.45 bits per heavy atom. The number of benzene rings is 2. The van der Waals surface area contributed by atoms with Gasteiger partial charge in [-0.3, -0.25) is 10.1 Å². The van der Waals surface area contributed by atoms with Gasteiger partial charge in [0.2, 0.25) is 0 Å². The Kier molecular flexibility index (Phi) is 4.57. The van der Waals surface area contributed by atoms with Gasteiger partial charge in [-0.15, -0.1) is 0 Å². The highest BCUT2D eigenvalue weighted by molar-refractivity contribution is 5.92. The molecule has 0 saturated carbocycles. The highest BCUT2D eigenvalue weighted by Gasteiger charge is 2.14. The molecule has 0 bridgehead atoms. The summed E-state index contributed by atoms with van der Waals surface area (Å²) in [5.41, 5.74) is 0.581. The van der Waals surface area contributed by atoms with Crippen molar-refractivity contribution in [2.75, 3.05) is 7.11 Å². The van der Waals surface area contributed by atoms with E-state index in [2.05, 4.69) is 0 Å². The van der Waals surface area contributed by atoms with Crippen molar-refractivity contribution in [2.24, 2.45) is 0 Å². The van der Waals surface area contributed by atoms with Gasteiger partial charge in [0, 0.05) is 18.2 Å². The van der Waals surface area contributed by atoms with Gasteiger partial charge in [-0.1, -0.05) is 0 Å². The first-order valence-corrected chi connectivity index (χ1v) is 6.28. The minimum Gasteiger partial charge on any atom is -0.507 e. The van der Waals surface area contributed by atoms with Crippen molar-refractivity contribution in [2.45, 2.75) is 6.61 Å². The quantitative estimate of drug-likeness (QED) is 0.518. The number of hydrogen-bond donors (Lipinski definition) is 1. The third-order valence-corrected chi connectivity index (χ3v) is 2.94. The molecule has 0 atom stereocenters. The van der Waals surface area contributed by atoms with Crippen molar-refractivity contribution in [3.05, 3.63) is 63.7 Å². The number of methoxy groups -OCH3 is 1. The van der Waals surface area contributed by atoms with Crippen LogP contribution in [0.1, 0.15) is 15.9 Å². The molecular weight excluding hydrogens is 290 g/mol. The molecule has 2 rings (SSSR count). The summed E-state index contributed by atoms with van der Waals surface area (Å²) in [6, 6.07) is 9.89. The number of ether oxygens (including phenoxy) is 2. The van der Waals surface area contributed by atoms with Gasteiger partial charge in [-0.25, -0.2) is 4.79 Å². The minimum absolute atomic E-state index is 0.0164. The maximum atomic E-state index is 11.9. The molecule has 0 aliphatic heterocycles. The molecule has 22 heavy (non-hydrogen) atoms. The van der Waals surface area contributed by atoms with Gasteiger partial charge in [0.25, 0.3) is 5.69 Å². The molecule has 0 saturated heterocycles. The molecule has 0 aliphatic rings. The normalized spacial score (nSPS) is 10.0. The molecule has 2 aromatic carbocycles. The number of nitro groups is 1. The van der Waals surface area contributed by atoms with Crippen LogP contribution in [0.25, 0.3) is 0 Å². The molecule has 0 spiro atoms. The zero-order valence-electron chi connectivity index (χ0n) is 11.7. The zero-order chi connectivity index (χ0) is 16.1. The fraction of sp³-hybridized carbons (Fsp3) is 0.133. The number of esters is 1. The molecule has 114 valence electrons. The van der Waals surface area contributed by atoms with Crippen LogP contribution in [-0.4, -0.2) is 23.1 Å². The maximum Gasteiger partial charge on any atom is 0.342 e. The van der Waals surface area contributed by atoms with Crippen LogP contribution < -0.4 is 4.74 Å². The number of carbonyl (C=O) groups excluding carboxylic acids is 1. The monoisotopic (exact) mass is 303 g/mol. The molecule has 0 unspecified atom stereocenters. The van der Waals surface area contributed by atoms with Crippen LogP contribution in [0.5, 0.6) is 11.5 Å². The molecule has 2 aromatic rings. The summed E-state index contributed by atoms with van der Waals surface area (Å²) < 4.78 is 9.98. The number of phenols is 1. The zero-order valence-corrected chi connectivity index (χ0v) is 11.7. The summed E-state index contributed by atoms with van der Waals surface area (Å²) in [6.45, 7) is -0.0533. The first kappa shape index (κ1) is 15.3. The molecule has 0 radical (unpaired) electrons. The number of nitro benzene ring substituents is 1. The number of non-ortho nitro benzene ring substituents is 1. The van der Waals surface area contributed by atoms with Crippen LogP contribution >= 0.6 is 0 Å². The summed E-state index contributed by atoms with van der Waals surface area (Å²) in [4.78, 5) is 21.9. The number of rotatable bonds is 5. The summed E-state index contributed by atoms with van der Waals surface area (Å²) in [5, 5.41) is 20.3. The molecule has 0 heterocycles. The smallest absolute Gasteiger partial charge is 0.342 e. The highest BCUT2D eigenvalue weighted by atomic mass is 16.6. The van der Waals surface area contributed by atoms with Crippen LogP contribution in [0.4, 0.5) is 5.69 Å². The van der Waals surface area contributed by atoms with Crippen LogP contribution in [0.3, 0.4) is 0 Å². The van der Waals surface area contributed by atoms with E-state index in [1.165, 1.54) is 49.6 Å². The Morgan fingerprint density at radius 2 is 1.91 bits per heavy atom. The topological polar surface area (TPSA) is 98.9 Å². The van der Waals surface area contributed by atoms with Gasteiger partial charge in [0.1, 0.15) is 23.7 Å². The largest absolute Gasteiger partial charge is 0.507 e. The minimum atomic E-state index is -0.696. The van der Waals surface area contributed by atoms with Gasteiger partial charge >= 0.3 is 5.97 Å². The average molecular weight is 303 g/mol. The lowest BCUT2D eigenvalue weighted by Crippen LogP contribution is -2.05. The first-order valence-electron chi connectivity index (χ1n) is 6.28. The van der Waals surface area contributed by atoms with Gasteiger partial charge in [0.05, 0.1) is 12.0 Å². The lowest BCUT2D eigenvalue weighted by molar-refractivity contribution is -0.384. The molecule has 7 heteroatoms. The van der Waals surface area contributed by atoms with Crippen molar-refractivity contribution >= 4 is 11.7 Å².